The second kappa shape index (κ2) is 5.26. The fraction of sp³-hybridized carbons (Fsp3) is 0.818. The highest BCUT2D eigenvalue weighted by Gasteiger charge is 2.35. The van der Waals surface area contributed by atoms with Crippen LogP contribution in [0.5, 0.6) is 0 Å². The summed E-state index contributed by atoms with van der Waals surface area (Å²) in [6, 6.07) is 0. The van der Waals surface area contributed by atoms with Crippen molar-refractivity contribution in [2.45, 2.75) is 38.5 Å². The van der Waals surface area contributed by atoms with Crippen LogP contribution in [-0.4, -0.2) is 23.9 Å². The predicted octanol–water partition coefficient (Wildman–Crippen LogP) is 1.19. The third-order valence-corrected chi connectivity index (χ3v) is 3.55. The Hall–Kier alpha value is -0.900. The lowest BCUT2D eigenvalue weighted by atomic mass is 9.68. The molecule has 0 atom stereocenters. The molecule has 1 aliphatic rings. The van der Waals surface area contributed by atoms with E-state index in [2.05, 4.69) is 0 Å². The quantitative estimate of drug-likeness (QED) is 0.672. The number of aliphatic carboxylic acids is 1. The van der Waals surface area contributed by atoms with Gasteiger partial charge >= 0.3 is 5.97 Å². The zero-order chi connectivity index (χ0) is 11.3. The normalized spacial score (nSPS) is 31.1. The predicted molar refractivity (Wildman–Crippen MR) is 56.4 cm³/mol. The van der Waals surface area contributed by atoms with Crippen LogP contribution in [0.4, 0.5) is 0 Å². The molecule has 0 aromatic heterocycles. The Morgan fingerprint density at radius 2 is 2.07 bits per heavy atom. The number of carboxylic acids is 1. The van der Waals surface area contributed by atoms with Crippen LogP contribution in [0.15, 0.2) is 0 Å². The van der Waals surface area contributed by atoms with Crippen molar-refractivity contribution in [3.05, 3.63) is 0 Å². The highest BCUT2D eigenvalue weighted by Crippen LogP contribution is 2.41. The molecular weight excluding hydrogens is 194 g/mol. The van der Waals surface area contributed by atoms with Gasteiger partial charge in [0.05, 0.1) is 6.42 Å². The Morgan fingerprint density at radius 3 is 2.47 bits per heavy atom. The van der Waals surface area contributed by atoms with Crippen LogP contribution >= 0.6 is 0 Å². The Bertz CT molecular complexity index is 232. The van der Waals surface area contributed by atoms with Gasteiger partial charge in [0.2, 0.25) is 0 Å². The van der Waals surface area contributed by atoms with Crippen molar-refractivity contribution < 1.29 is 14.7 Å². The second-order valence-electron chi connectivity index (χ2n) is 4.62. The largest absolute Gasteiger partial charge is 0.481 e. The van der Waals surface area contributed by atoms with Gasteiger partial charge in [0, 0.05) is 6.42 Å². The smallest absolute Gasteiger partial charge is 0.303 e. The molecule has 4 heteroatoms. The van der Waals surface area contributed by atoms with Crippen molar-refractivity contribution in [3.63, 3.8) is 0 Å². The number of carbonyl (C=O) groups excluding carboxylic acids is 1. The first-order chi connectivity index (χ1) is 7.12. The van der Waals surface area contributed by atoms with E-state index in [9.17, 15) is 9.59 Å². The summed E-state index contributed by atoms with van der Waals surface area (Å²) in [7, 11) is 0. The molecule has 86 valence electrons. The fourth-order valence-corrected chi connectivity index (χ4v) is 2.44. The molecule has 1 aliphatic carbocycles. The Morgan fingerprint density at radius 1 is 1.47 bits per heavy atom. The molecule has 0 radical (unpaired) electrons. The van der Waals surface area contributed by atoms with E-state index in [-0.39, 0.29) is 11.8 Å². The molecule has 0 heterocycles. The average Bonchev–Trinajstić information content (AvgIpc) is 2.21. The lowest BCUT2D eigenvalue weighted by molar-refractivity contribution is -0.140. The van der Waals surface area contributed by atoms with Gasteiger partial charge in [0.25, 0.3) is 0 Å². The average molecular weight is 213 g/mol. The van der Waals surface area contributed by atoms with Crippen LogP contribution in [0, 0.1) is 11.3 Å². The highest BCUT2D eigenvalue weighted by molar-refractivity contribution is 5.67. The fourth-order valence-electron chi connectivity index (χ4n) is 2.44. The van der Waals surface area contributed by atoms with Gasteiger partial charge < -0.3 is 15.6 Å². The summed E-state index contributed by atoms with van der Waals surface area (Å²) in [6.45, 7) is 0.438. The molecule has 0 bridgehead atoms. The second-order valence-corrected chi connectivity index (χ2v) is 4.62. The van der Waals surface area contributed by atoms with Gasteiger partial charge in [-0.2, -0.15) is 0 Å². The molecule has 0 unspecified atom stereocenters. The minimum absolute atomic E-state index is 0.164. The van der Waals surface area contributed by atoms with Crippen LogP contribution in [-0.2, 0) is 9.59 Å². The number of rotatable bonds is 5. The zero-order valence-corrected chi connectivity index (χ0v) is 8.95. The third kappa shape index (κ3) is 3.30. The topological polar surface area (TPSA) is 80.4 Å². The van der Waals surface area contributed by atoms with E-state index >= 15 is 0 Å². The van der Waals surface area contributed by atoms with Crippen molar-refractivity contribution in [2.24, 2.45) is 17.1 Å². The molecule has 0 aliphatic heterocycles. The third-order valence-electron chi connectivity index (χ3n) is 3.55. The first-order valence-corrected chi connectivity index (χ1v) is 5.47. The molecule has 0 aromatic rings. The molecule has 0 spiro atoms. The van der Waals surface area contributed by atoms with E-state index < -0.39 is 5.97 Å². The molecule has 1 rings (SSSR count). The lowest BCUT2D eigenvalue weighted by Crippen LogP contribution is -2.37. The van der Waals surface area contributed by atoms with Crippen molar-refractivity contribution in [2.75, 3.05) is 6.54 Å². The number of hydrogen-bond donors (Lipinski definition) is 2. The lowest BCUT2D eigenvalue weighted by Gasteiger charge is -2.38. The summed E-state index contributed by atoms with van der Waals surface area (Å²) >= 11 is 0. The highest BCUT2D eigenvalue weighted by atomic mass is 16.4. The summed E-state index contributed by atoms with van der Waals surface area (Å²) in [5, 5.41) is 8.82. The maximum Gasteiger partial charge on any atom is 0.303 e. The maximum absolute atomic E-state index is 10.7. The number of aldehydes is 1. The van der Waals surface area contributed by atoms with E-state index in [0.29, 0.717) is 18.9 Å². The minimum atomic E-state index is -0.769. The molecule has 3 N–H and O–H groups in total. The number of carbonyl (C=O) groups is 2. The monoisotopic (exact) mass is 213 g/mol. The summed E-state index contributed by atoms with van der Waals surface area (Å²) < 4.78 is 0. The zero-order valence-electron chi connectivity index (χ0n) is 8.95. The van der Waals surface area contributed by atoms with Gasteiger partial charge in [-0.3, -0.25) is 4.79 Å². The van der Waals surface area contributed by atoms with Crippen molar-refractivity contribution in [1.82, 2.24) is 0 Å². The standard InChI is InChI=1S/C11H19NO3/c12-8-11(7-10(14)15)4-1-9(2-5-11)3-6-13/h6,9H,1-5,7-8,12H2,(H,14,15). The first-order valence-electron chi connectivity index (χ1n) is 5.47. The first kappa shape index (κ1) is 12.2. The van der Waals surface area contributed by atoms with Crippen LogP contribution in [0.1, 0.15) is 38.5 Å². The molecule has 15 heavy (non-hydrogen) atoms. The Balaban J connectivity index is 2.50. The van der Waals surface area contributed by atoms with Crippen molar-refractivity contribution in [3.8, 4) is 0 Å². The molecule has 0 aromatic carbocycles. The van der Waals surface area contributed by atoms with Gasteiger partial charge in [0.1, 0.15) is 6.29 Å². The van der Waals surface area contributed by atoms with Gasteiger partial charge in [-0.05, 0) is 43.6 Å². The molecule has 1 saturated carbocycles. The number of nitrogens with two attached hydrogens (primary N) is 1. The van der Waals surface area contributed by atoms with E-state index in [1.54, 1.807) is 0 Å². The summed E-state index contributed by atoms with van der Waals surface area (Å²) in [4.78, 5) is 21.1. The maximum atomic E-state index is 10.7. The van der Waals surface area contributed by atoms with E-state index in [1.807, 2.05) is 0 Å². The summed E-state index contributed by atoms with van der Waals surface area (Å²) in [5.41, 5.74) is 5.46. The Labute approximate surface area is 89.8 Å². The van der Waals surface area contributed by atoms with Gasteiger partial charge in [-0.25, -0.2) is 0 Å². The van der Waals surface area contributed by atoms with Crippen LogP contribution in [0.25, 0.3) is 0 Å². The van der Waals surface area contributed by atoms with Crippen molar-refractivity contribution in [1.29, 1.82) is 0 Å². The van der Waals surface area contributed by atoms with E-state index in [4.69, 9.17) is 10.8 Å². The molecule has 1 fully saturated rings. The van der Waals surface area contributed by atoms with Crippen LogP contribution in [0.2, 0.25) is 0 Å². The molecule has 4 nitrogen and oxygen atoms in total. The molecule has 0 amide bonds. The number of carboxylic acid groups (broad SMARTS) is 1. The van der Waals surface area contributed by atoms with E-state index in [1.165, 1.54) is 0 Å². The van der Waals surface area contributed by atoms with Gasteiger partial charge in [-0.15, -0.1) is 0 Å². The molecular formula is C11H19NO3. The SMILES string of the molecule is NCC1(CC(=O)O)CCC(CC=O)CC1. The summed E-state index contributed by atoms with van der Waals surface area (Å²) in [6.07, 6.45) is 5.28. The molecule has 0 saturated heterocycles. The summed E-state index contributed by atoms with van der Waals surface area (Å²) in [5.74, 6) is -0.328. The van der Waals surface area contributed by atoms with Gasteiger partial charge in [0.15, 0.2) is 0 Å². The van der Waals surface area contributed by atoms with Gasteiger partial charge in [-0.1, -0.05) is 0 Å². The van der Waals surface area contributed by atoms with Crippen molar-refractivity contribution >= 4 is 12.3 Å². The van der Waals surface area contributed by atoms with Crippen LogP contribution < -0.4 is 5.73 Å². The number of hydrogen-bond acceptors (Lipinski definition) is 3. The Kier molecular flexibility index (Phi) is 4.27. The minimum Gasteiger partial charge on any atom is -0.481 e. The van der Waals surface area contributed by atoms with Crippen LogP contribution in [0.3, 0.4) is 0 Å². The van der Waals surface area contributed by atoms with E-state index in [0.717, 1.165) is 32.0 Å².